The van der Waals surface area contributed by atoms with Crippen LogP contribution in [-0.2, 0) is 9.47 Å². The first-order chi connectivity index (χ1) is 14.7. The first kappa shape index (κ1) is 21.1. The third-order valence-corrected chi connectivity index (χ3v) is 11.4. The second-order valence-electron chi connectivity index (χ2n) is 12.8. The maximum atomic E-state index is 10.5. The highest BCUT2D eigenvalue weighted by Gasteiger charge is 2.68. The van der Waals surface area contributed by atoms with Crippen molar-refractivity contribution in [3.8, 4) is 0 Å². The van der Waals surface area contributed by atoms with Gasteiger partial charge >= 0.3 is 0 Å². The lowest BCUT2D eigenvalue weighted by atomic mass is 9.46. The van der Waals surface area contributed by atoms with Crippen molar-refractivity contribution in [2.75, 3.05) is 6.61 Å². The minimum absolute atomic E-state index is 0.0525. The molecule has 2 aliphatic heterocycles. The molecule has 3 saturated carbocycles. The molecule has 4 aliphatic carbocycles. The Morgan fingerprint density at radius 2 is 1.84 bits per heavy atom. The van der Waals surface area contributed by atoms with Crippen LogP contribution in [-0.4, -0.2) is 40.9 Å². The highest BCUT2D eigenvalue weighted by atomic mass is 16.7. The van der Waals surface area contributed by atoms with Gasteiger partial charge in [0.05, 0.1) is 24.9 Å². The van der Waals surface area contributed by atoms with E-state index in [0.29, 0.717) is 53.4 Å². The Kier molecular flexibility index (Phi) is 4.64. The van der Waals surface area contributed by atoms with Gasteiger partial charge < -0.3 is 19.7 Å². The quantitative estimate of drug-likeness (QED) is 0.548. The molecule has 0 aromatic carbocycles. The van der Waals surface area contributed by atoms with E-state index in [4.69, 9.17) is 9.47 Å². The van der Waals surface area contributed by atoms with Gasteiger partial charge in [0.15, 0.2) is 5.79 Å². The van der Waals surface area contributed by atoms with E-state index in [9.17, 15) is 10.2 Å². The predicted molar refractivity (Wildman–Crippen MR) is 119 cm³/mol. The van der Waals surface area contributed by atoms with Crippen molar-refractivity contribution in [2.24, 2.45) is 46.3 Å². The standard InChI is InChI=1S/C27H42O4/c1-15-7-10-27(30-14-15)16(2)24-23(31-27)12-20-18-6-5-17-11-21(28)22(29)13-26(17,4)19(18)8-9-25(20,24)3/h5,15-16,18-24,28-29H,6-14H2,1-4H3/t15-,16-,18+,19-,20-,21-,22+,23-,24-,25+,26+,27+/m1/s1. The average molecular weight is 431 g/mol. The number of fused-ring (bicyclic) bond motifs is 7. The monoisotopic (exact) mass is 430 g/mol. The Morgan fingerprint density at radius 1 is 1.03 bits per heavy atom. The molecule has 0 radical (unpaired) electrons. The first-order valence-electron chi connectivity index (χ1n) is 13.1. The largest absolute Gasteiger partial charge is 0.390 e. The van der Waals surface area contributed by atoms with Crippen molar-refractivity contribution in [2.45, 2.75) is 103 Å². The van der Waals surface area contributed by atoms with Gasteiger partial charge in [-0.05, 0) is 85.4 Å². The van der Waals surface area contributed by atoms with Crippen LogP contribution in [0.4, 0.5) is 0 Å². The number of aliphatic hydroxyl groups is 2. The summed E-state index contributed by atoms with van der Waals surface area (Å²) >= 11 is 0. The number of aliphatic hydroxyl groups excluding tert-OH is 2. The molecule has 0 amide bonds. The van der Waals surface area contributed by atoms with Gasteiger partial charge in [0.2, 0.25) is 0 Å². The maximum absolute atomic E-state index is 10.5. The molecule has 2 heterocycles. The zero-order valence-corrected chi connectivity index (χ0v) is 19.8. The molecule has 6 rings (SSSR count). The van der Waals surface area contributed by atoms with Crippen LogP contribution < -0.4 is 0 Å². The molecular weight excluding hydrogens is 388 g/mol. The number of allylic oxidation sites excluding steroid dienone is 1. The molecule has 4 heteroatoms. The van der Waals surface area contributed by atoms with E-state index >= 15 is 0 Å². The molecule has 4 nitrogen and oxygen atoms in total. The fourth-order valence-electron chi connectivity index (χ4n) is 9.71. The number of rotatable bonds is 0. The van der Waals surface area contributed by atoms with Crippen molar-refractivity contribution in [1.82, 2.24) is 0 Å². The van der Waals surface area contributed by atoms with E-state index in [-0.39, 0.29) is 11.2 Å². The highest BCUT2D eigenvalue weighted by molar-refractivity contribution is 5.27. The van der Waals surface area contributed by atoms with Crippen molar-refractivity contribution < 1.29 is 19.7 Å². The summed E-state index contributed by atoms with van der Waals surface area (Å²) in [6, 6.07) is 0. The zero-order valence-electron chi connectivity index (χ0n) is 19.8. The summed E-state index contributed by atoms with van der Waals surface area (Å²) in [6.07, 6.45) is 10.1. The summed E-state index contributed by atoms with van der Waals surface area (Å²) in [5.41, 5.74) is 1.80. The van der Waals surface area contributed by atoms with Crippen LogP contribution in [0.25, 0.3) is 0 Å². The lowest BCUT2D eigenvalue weighted by Gasteiger charge is -2.59. The summed E-state index contributed by atoms with van der Waals surface area (Å²) in [7, 11) is 0. The second-order valence-corrected chi connectivity index (χ2v) is 12.8. The summed E-state index contributed by atoms with van der Waals surface area (Å²) in [6.45, 7) is 10.5. The lowest BCUT2D eigenvalue weighted by Crippen LogP contribution is -2.54. The van der Waals surface area contributed by atoms with E-state index in [1.165, 1.54) is 31.3 Å². The SMILES string of the molecule is C[C@@H]1CC[C@]2(OC1)O[C@@H]1C[C@@H]3[C@H]4CC=C5C[C@@H](O)[C@@H](O)C[C@]5(C)[C@@H]4CC[C@]3(C)[C@@H]1[C@H]2C. The Balaban J connectivity index is 1.28. The lowest BCUT2D eigenvalue weighted by molar-refractivity contribution is -0.272. The Bertz CT molecular complexity index is 769. The van der Waals surface area contributed by atoms with Gasteiger partial charge in [-0.15, -0.1) is 0 Å². The van der Waals surface area contributed by atoms with Crippen LogP contribution >= 0.6 is 0 Å². The van der Waals surface area contributed by atoms with E-state index in [0.717, 1.165) is 25.9 Å². The predicted octanol–water partition coefficient (Wildman–Crippen LogP) is 4.68. The van der Waals surface area contributed by atoms with Crippen molar-refractivity contribution in [3.63, 3.8) is 0 Å². The average Bonchev–Trinajstić information content (AvgIpc) is 3.16. The number of hydrogen-bond donors (Lipinski definition) is 2. The van der Waals surface area contributed by atoms with E-state index in [1.807, 2.05) is 0 Å². The van der Waals surface area contributed by atoms with Crippen molar-refractivity contribution in [1.29, 1.82) is 0 Å². The van der Waals surface area contributed by atoms with E-state index < -0.39 is 12.2 Å². The van der Waals surface area contributed by atoms with E-state index in [2.05, 4.69) is 33.8 Å². The number of hydrogen-bond acceptors (Lipinski definition) is 4. The van der Waals surface area contributed by atoms with Crippen LogP contribution in [0.1, 0.15) is 79.1 Å². The molecule has 12 atom stereocenters. The summed E-state index contributed by atoms with van der Waals surface area (Å²) in [5, 5.41) is 20.8. The van der Waals surface area contributed by atoms with Crippen LogP contribution in [0.5, 0.6) is 0 Å². The summed E-state index contributed by atoms with van der Waals surface area (Å²) in [5.74, 6) is 3.39. The molecule has 2 N–H and O–H groups in total. The fourth-order valence-corrected chi connectivity index (χ4v) is 9.71. The van der Waals surface area contributed by atoms with Crippen molar-refractivity contribution >= 4 is 0 Å². The molecule has 0 aromatic rings. The zero-order chi connectivity index (χ0) is 21.8. The van der Waals surface area contributed by atoms with Gasteiger partial charge in [0, 0.05) is 12.3 Å². The maximum Gasteiger partial charge on any atom is 0.171 e. The number of ether oxygens (including phenoxy) is 2. The van der Waals surface area contributed by atoms with Crippen LogP contribution in [0.15, 0.2) is 11.6 Å². The molecule has 6 aliphatic rings. The van der Waals surface area contributed by atoms with Crippen LogP contribution in [0.3, 0.4) is 0 Å². The van der Waals surface area contributed by atoms with Gasteiger partial charge in [-0.2, -0.15) is 0 Å². The first-order valence-corrected chi connectivity index (χ1v) is 13.1. The molecule has 2 saturated heterocycles. The Morgan fingerprint density at radius 3 is 2.58 bits per heavy atom. The topological polar surface area (TPSA) is 58.9 Å². The minimum Gasteiger partial charge on any atom is -0.390 e. The van der Waals surface area contributed by atoms with Crippen LogP contribution in [0, 0.1) is 46.3 Å². The normalized spacial score (nSPS) is 60.7. The molecule has 1 spiro atoms. The molecular formula is C27H42O4. The molecule has 0 aromatic heterocycles. The van der Waals surface area contributed by atoms with E-state index in [1.54, 1.807) is 0 Å². The Hall–Kier alpha value is -0.420. The second kappa shape index (κ2) is 6.81. The smallest absolute Gasteiger partial charge is 0.171 e. The van der Waals surface area contributed by atoms with Crippen molar-refractivity contribution in [3.05, 3.63) is 11.6 Å². The molecule has 0 unspecified atom stereocenters. The minimum atomic E-state index is -0.584. The molecule has 31 heavy (non-hydrogen) atoms. The third kappa shape index (κ3) is 2.74. The van der Waals surface area contributed by atoms with Gasteiger partial charge in [0.1, 0.15) is 0 Å². The van der Waals surface area contributed by atoms with Gasteiger partial charge in [-0.3, -0.25) is 0 Å². The molecule has 5 fully saturated rings. The van der Waals surface area contributed by atoms with Gasteiger partial charge in [-0.25, -0.2) is 0 Å². The molecule has 0 bridgehead atoms. The van der Waals surface area contributed by atoms with Crippen LogP contribution in [0.2, 0.25) is 0 Å². The highest BCUT2D eigenvalue weighted by Crippen LogP contribution is 2.70. The summed E-state index contributed by atoms with van der Waals surface area (Å²) in [4.78, 5) is 0. The fraction of sp³-hybridized carbons (Fsp3) is 0.926. The third-order valence-electron chi connectivity index (χ3n) is 11.4. The van der Waals surface area contributed by atoms with Gasteiger partial charge in [0.25, 0.3) is 0 Å². The Labute approximate surface area is 187 Å². The van der Waals surface area contributed by atoms with Gasteiger partial charge in [-0.1, -0.05) is 39.3 Å². The summed E-state index contributed by atoms with van der Waals surface area (Å²) < 4.78 is 13.3. The molecule has 174 valence electrons.